The van der Waals surface area contributed by atoms with Crippen LogP contribution in [0.5, 0.6) is 0 Å². The molecule has 0 saturated heterocycles. The lowest BCUT2D eigenvalue weighted by Crippen LogP contribution is -2.34. The summed E-state index contributed by atoms with van der Waals surface area (Å²) < 4.78 is 9.46. The first kappa shape index (κ1) is 15.4. The van der Waals surface area contributed by atoms with Crippen molar-refractivity contribution in [3.63, 3.8) is 0 Å². The van der Waals surface area contributed by atoms with E-state index < -0.39 is 30.6 Å². The van der Waals surface area contributed by atoms with E-state index in [2.05, 4.69) is 4.74 Å². The molecule has 0 aromatic rings. The maximum Gasteiger partial charge on any atom is 0.347 e. The number of carbonyl (C=O) groups excluding carboxylic acids is 3. The molecular formula is C10H18N2O5. The number of primary amides is 1. The van der Waals surface area contributed by atoms with Gasteiger partial charge in [-0.25, -0.2) is 4.79 Å². The van der Waals surface area contributed by atoms with Crippen molar-refractivity contribution in [2.75, 3.05) is 27.2 Å². The highest BCUT2D eigenvalue weighted by molar-refractivity contribution is 5.83. The topological polar surface area (TPSA) is 98.9 Å². The zero-order valence-corrected chi connectivity index (χ0v) is 10.3. The average Bonchev–Trinajstić information content (AvgIpc) is 2.21. The lowest BCUT2D eigenvalue weighted by atomic mass is 10.3. The summed E-state index contributed by atoms with van der Waals surface area (Å²) in [5.74, 6) is -2.05. The second-order valence-corrected chi connectivity index (χ2v) is 3.70. The Labute approximate surface area is 99.8 Å². The second kappa shape index (κ2) is 7.61. The highest BCUT2D eigenvalue weighted by Gasteiger charge is 2.23. The number of hydrogen-bond acceptors (Lipinski definition) is 6. The largest absolute Gasteiger partial charge is 0.453 e. The molecule has 0 bridgehead atoms. The van der Waals surface area contributed by atoms with E-state index in [-0.39, 0.29) is 13.0 Å². The van der Waals surface area contributed by atoms with Crippen molar-refractivity contribution in [1.82, 2.24) is 4.90 Å². The minimum Gasteiger partial charge on any atom is -0.453 e. The molecule has 2 N–H and O–H groups in total. The van der Waals surface area contributed by atoms with Crippen molar-refractivity contribution in [2.45, 2.75) is 19.4 Å². The summed E-state index contributed by atoms with van der Waals surface area (Å²) in [6.07, 6.45) is -0.724. The average molecular weight is 246 g/mol. The van der Waals surface area contributed by atoms with Crippen LogP contribution in [0.2, 0.25) is 0 Å². The van der Waals surface area contributed by atoms with Crippen LogP contribution in [0.3, 0.4) is 0 Å². The van der Waals surface area contributed by atoms with Gasteiger partial charge >= 0.3 is 11.9 Å². The normalized spacial score (nSPS) is 12.0. The molecule has 0 aromatic heterocycles. The third kappa shape index (κ3) is 7.29. The molecule has 0 heterocycles. The Hall–Kier alpha value is -1.63. The summed E-state index contributed by atoms with van der Waals surface area (Å²) in [4.78, 5) is 34.7. The zero-order chi connectivity index (χ0) is 13.4. The van der Waals surface area contributed by atoms with Crippen LogP contribution in [0.1, 0.15) is 13.3 Å². The number of hydrogen-bond donors (Lipinski definition) is 1. The Morgan fingerprint density at radius 3 is 2.29 bits per heavy atom. The van der Waals surface area contributed by atoms with Gasteiger partial charge in [0.15, 0.2) is 12.7 Å². The molecule has 0 aliphatic heterocycles. The van der Waals surface area contributed by atoms with Gasteiger partial charge in [0, 0.05) is 0 Å². The third-order valence-corrected chi connectivity index (χ3v) is 1.71. The van der Waals surface area contributed by atoms with Crippen LogP contribution in [0.4, 0.5) is 0 Å². The van der Waals surface area contributed by atoms with E-state index in [4.69, 9.17) is 10.5 Å². The molecule has 1 atom stereocenters. The number of amides is 1. The molecule has 17 heavy (non-hydrogen) atoms. The van der Waals surface area contributed by atoms with Crippen LogP contribution < -0.4 is 5.73 Å². The molecule has 0 aliphatic rings. The standard InChI is InChI=1S/C10H18N2O5/c1-4-7(10(15)16-6-8(11)13)17-9(14)5-12(2)3/h7H,4-6H2,1-3H3,(H2,11,13). The molecule has 0 rings (SSSR count). The monoisotopic (exact) mass is 246 g/mol. The fraction of sp³-hybridized carbons (Fsp3) is 0.700. The lowest BCUT2D eigenvalue weighted by molar-refractivity contribution is -0.169. The fourth-order valence-corrected chi connectivity index (χ4v) is 0.987. The van der Waals surface area contributed by atoms with Gasteiger partial charge in [-0.3, -0.25) is 14.5 Å². The van der Waals surface area contributed by atoms with E-state index in [0.29, 0.717) is 0 Å². The SMILES string of the molecule is CCC(OC(=O)CN(C)C)C(=O)OCC(N)=O. The molecule has 0 aliphatic carbocycles. The number of esters is 2. The van der Waals surface area contributed by atoms with Gasteiger partial charge in [0.2, 0.25) is 0 Å². The highest BCUT2D eigenvalue weighted by atomic mass is 16.6. The second-order valence-electron chi connectivity index (χ2n) is 3.70. The van der Waals surface area contributed by atoms with Crippen LogP contribution in [-0.2, 0) is 23.9 Å². The summed E-state index contributed by atoms with van der Waals surface area (Å²) in [5, 5.41) is 0. The Morgan fingerprint density at radius 1 is 1.29 bits per heavy atom. The first-order valence-electron chi connectivity index (χ1n) is 5.16. The maximum atomic E-state index is 11.4. The van der Waals surface area contributed by atoms with Gasteiger partial charge in [-0.15, -0.1) is 0 Å². The van der Waals surface area contributed by atoms with Crippen molar-refractivity contribution < 1.29 is 23.9 Å². The van der Waals surface area contributed by atoms with Gasteiger partial charge in [0.05, 0.1) is 6.54 Å². The van der Waals surface area contributed by atoms with Crippen LogP contribution in [0.15, 0.2) is 0 Å². The molecule has 98 valence electrons. The predicted octanol–water partition coefficient (Wildman–Crippen LogP) is -1.10. The molecule has 7 heteroatoms. The van der Waals surface area contributed by atoms with Crippen molar-refractivity contribution in [3.8, 4) is 0 Å². The highest BCUT2D eigenvalue weighted by Crippen LogP contribution is 2.02. The minimum atomic E-state index is -0.998. The molecule has 7 nitrogen and oxygen atoms in total. The summed E-state index contributed by atoms with van der Waals surface area (Å²) in [5.41, 5.74) is 4.82. The molecule has 0 radical (unpaired) electrons. The molecule has 0 aromatic carbocycles. The Kier molecular flexibility index (Phi) is 6.88. The first-order valence-corrected chi connectivity index (χ1v) is 5.16. The number of nitrogens with zero attached hydrogens (tertiary/aromatic N) is 1. The summed E-state index contributed by atoms with van der Waals surface area (Å²) in [6.45, 7) is 1.22. The van der Waals surface area contributed by atoms with E-state index >= 15 is 0 Å². The summed E-state index contributed by atoms with van der Waals surface area (Å²) in [6, 6.07) is 0. The van der Waals surface area contributed by atoms with E-state index in [1.807, 2.05) is 0 Å². The quantitative estimate of drug-likeness (QED) is 0.572. The van der Waals surface area contributed by atoms with Crippen LogP contribution in [0, 0.1) is 0 Å². The van der Waals surface area contributed by atoms with Crippen molar-refractivity contribution in [2.24, 2.45) is 5.73 Å². The van der Waals surface area contributed by atoms with Crippen LogP contribution in [-0.4, -0.2) is 56.1 Å². The van der Waals surface area contributed by atoms with Crippen molar-refractivity contribution in [3.05, 3.63) is 0 Å². The van der Waals surface area contributed by atoms with Crippen molar-refractivity contribution in [1.29, 1.82) is 0 Å². The molecule has 1 unspecified atom stereocenters. The van der Waals surface area contributed by atoms with Gasteiger partial charge in [0.1, 0.15) is 0 Å². The number of rotatable bonds is 7. The van der Waals surface area contributed by atoms with E-state index in [0.717, 1.165) is 0 Å². The molecule has 1 amide bonds. The molecule has 0 fully saturated rings. The van der Waals surface area contributed by atoms with Gasteiger partial charge in [-0.1, -0.05) is 6.92 Å². The summed E-state index contributed by atoms with van der Waals surface area (Å²) in [7, 11) is 3.40. The fourth-order valence-electron chi connectivity index (χ4n) is 0.987. The Bertz CT molecular complexity index is 290. The van der Waals surface area contributed by atoms with Crippen LogP contribution >= 0.6 is 0 Å². The summed E-state index contributed by atoms with van der Waals surface area (Å²) >= 11 is 0. The van der Waals surface area contributed by atoms with Gasteiger partial charge in [-0.2, -0.15) is 0 Å². The molecule has 0 saturated carbocycles. The Balaban J connectivity index is 4.17. The van der Waals surface area contributed by atoms with Gasteiger partial charge in [0.25, 0.3) is 5.91 Å². The first-order chi connectivity index (χ1) is 7.86. The number of ether oxygens (including phenoxy) is 2. The Morgan fingerprint density at radius 2 is 1.88 bits per heavy atom. The van der Waals surface area contributed by atoms with E-state index in [9.17, 15) is 14.4 Å². The van der Waals surface area contributed by atoms with E-state index in [1.165, 1.54) is 0 Å². The zero-order valence-electron chi connectivity index (χ0n) is 10.3. The number of likely N-dealkylation sites (N-methyl/N-ethyl adjacent to an activating group) is 1. The van der Waals surface area contributed by atoms with Crippen LogP contribution in [0.25, 0.3) is 0 Å². The molecule has 0 spiro atoms. The minimum absolute atomic E-state index is 0.0690. The number of carbonyl (C=O) groups is 3. The molecular weight excluding hydrogens is 228 g/mol. The van der Waals surface area contributed by atoms with Gasteiger partial charge < -0.3 is 15.2 Å². The smallest absolute Gasteiger partial charge is 0.347 e. The predicted molar refractivity (Wildman–Crippen MR) is 58.9 cm³/mol. The lowest BCUT2D eigenvalue weighted by Gasteiger charge is -2.16. The van der Waals surface area contributed by atoms with E-state index in [1.54, 1.807) is 25.9 Å². The maximum absolute atomic E-state index is 11.4. The number of nitrogens with two attached hydrogens (primary N) is 1. The van der Waals surface area contributed by atoms with Gasteiger partial charge in [-0.05, 0) is 20.5 Å². The van der Waals surface area contributed by atoms with Crippen molar-refractivity contribution >= 4 is 17.8 Å². The third-order valence-electron chi connectivity index (χ3n) is 1.71.